The third-order valence-electron chi connectivity index (χ3n) is 3.91. The Balaban J connectivity index is 2.03. The van der Waals surface area contributed by atoms with E-state index in [-0.39, 0.29) is 13.2 Å². The van der Waals surface area contributed by atoms with Crippen LogP contribution in [0, 0.1) is 6.92 Å². The summed E-state index contributed by atoms with van der Waals surface area (Å²) in [5, 5.41) is 9.05. The van der Waals surface area contributed by atoms with Gasteiger partial charge in [-0.25, -0.2) is 4.98 Å². The number of nitrogens with two attached hydrogens (primary N) is 1. The molecule has 0 atom stereocenters. The van der Waals surface area contributed by atoms with Crippen LogP contribution < -0.4 is 15.4 Å². The summed E-state index contributed by atoms with van der Waals surface area (Å²) < 4.78 is 11.1. The molecule has 0 unspecified atom stereocenters. The molecule has 2 aromatic rings. The lowest BCUT2D eigenvalue weighted by atomic mass is 10.0. The van der Waals surface area contributed by atoms with Gasteiger partial charge in [0.05, 0.1) is 25.5 Å². The van der Waals surface area contributed by atoms with Crippen LogP contribution in [0.25, 0.3) is 11.1 Å². The highest BCUT2D eigenvalue weighted by molar-refractivity contribution is 5.74. The highest BCUT2D eigenvalue weighted by atomic mass is 16.5. The molecule has 0 amide bonds. The van der Waals surface area contributed by atoms with Crippen molar-refractivity contribution in [3.05, 3.63) is 30.2 Å². The van der Waals surface area contributed by atoms with Crippen molar-refractivity contribution in [2.24, 2.45) is 0 Å². The van der Waals surface area contributed by atoms with Gasteiger partial charge in [0.15, 0.2) is 0 Å². The van der Waals surface area contributed by atoms with Crippen molar-refractivity contribution in [1.82, 2.24) is 9.97 Å². The highest BCUT2D eigenvalue weighted by Crippen LogP contribution is 2.34. The number of rotatable bonds is 5. The highest BCUT2D eigenvalue weighted by Gasteiger charge is 2.20. The Morgan fingerprint density at radius 1 is 1.29 bits per heavy atom. The molecule has 1 aliphatic heterocycles. The van der Waals surface area contributed by atoms with Crippen LogP contribution in [-0.4, -0.2) is 54.6 Å². The van der Waals surface area contributed by atoms with E-state index in [1.807, 2.05) is 13.0 Å². The number of aliphatic hydroxyl groups excluding tert-OH is 1. The zero-order valence-corrected chi connectivity index (χ0v) is 13.7. The Morgan fingerprint density at radius 2 is 2.08 bits per heavy atom. The molecule has 3 N–H and O–H groups in total. The van der Waals surface area contributed by atoms with E-state index < -0.39 is 0 Å². The van der Waals surface area contributed by atoms with Crippen LogP contribution >= 0.6 is 0 Å². The van der Waals surface area contributed by atoms with Gasteiger partial charge in [0, 0.05) is 42.3 Å². The molecule has 0 saturated carbocycles. The molecule has 1 saturated heterocycles. The van der Waals surface area contributed by atoms with E-state index in [2.05, 4.69) is 20.9 Å². The van der Waals surface area contributed by atoms with Crippen LogP contribution in [0.3, 0.4) is 0 Å². The summed E-state index contributed by atoms with van der Waals surface area (Å²) in [6.45, 7) is 4.97. The molecule has 128 valence electrons. The van der Waals surface area contributed by atoms with Crippen LogP contribution in [0.5, 0.6) is 5.88 Å². The average Bonchev–Trinajstić information content (AvgIpc) is 2.60. The van der Waals surface area contributed by atoms with Crippen LogP contribution in [0.4, 0.5) is 11.4 Å². The summed E-state index contributed by atoms with van der Waals surface area (Å²) in [5.74, 6) is 0.532. The van der Waals surface area contributed by atoms with E-state index in [1.165, 1.54) is 0 Å². The molecule has 1 aliphatic rings. The molecule has 0 aromatic carbocycles. The first-order chi connectivity index (χ1) is 11.7. The monoisotopic (exact) mass is 330 g/mol. The zero-order valence-electron chi connectivity index (χ0n) is 13.7. The van der Waals surface area contributed by atoms with Crippen LogP contribution in [-0.2, 0) is 4.74 Å². The first-order valence-corrected chi connectivity index (χ1v) is 7.98. The first-order valence-electron chi connectivity index (χ1n) is 7.98. The lowest BCUT2D eigenvalue weighted by Gasteiger charge is -2.30. The second-order valence-electron chi connectivity index (χ2n) is 5.62. The SMILES string of the molecule is Cc1nc(OCCO)c(N2CCOCC2)cc1-c1cncc(N)c1. The lowest BCUT2D eigenvalue weighted by molar-refractivity contribution is 0.122. The topological polar surface area (TPSA) is 93.7 Å². The van der Waals surface area contributed by atoms with E-state index in [0.29, 0.717) is 24.8 Å². The van der Waals surface area contributed by atoms with Crippen molar-refractivity contribution in [2.45, 2.75) is 6.92 Å². The molecular weight excluding hydrogens is 308 g/mol. The fraction of sp³-hybridized carbons (Fsp3) is 0.412. The van der Waals surface area contributed by atoms with Gasteiger partial charge in [-0.05, 0) is 19.1 Å². The van der Waals surface area contributed by atoms with Gasteiger partial charge in [-0.15, -0.1) is 0 Å². The number of aliphatic hydroxyl groups is 1. The average molecular weight is 330 g/mol. The largest absolute Gasteiger partial charge is 0.474 e. The quantitative estimate of drug-likeness (QED) is 0.852. The van der Waals surface area contributed by atoms with Crippen LogP contribution in [0.15, 0.2) is 24.5 Å². The Bertz CT molecular complexity index is 702. The Labute approximate surface area is 141 Å². The molecule has 0 radical (unpaired) electrons. The van der Waals surface area contributed by atoms with Crippen molar-refractivity contribution >= 4 is 11.4 Å². The number of aromatic nitrogens is 2. The summed E-state index contributed by atoms with van der Waals surface area (Å²) >= 11 is 0. The van der Waals surface area contributed by atoms with Gasteiger partial charge in [0.1, 0.15) is 12.3 Å². The van der Waals surface area contributed by atoms with E-state index in [1.54, 1.807) is 12.4 Å². The van der Waals surface area contributed by atoms with E-state index in [0.717, 1.165) is 35.6 Å². The van der Waals surface area contributed by atoms with Crippen molar-refractivity contribution in [3.63, 3.8) is 0 Å². The molecule has 7 heteroatoms. The Morgan fingerprint density at radius 3 is 2.79 bits per heavy atom. The predicted octanol–water partition coefficient (Wildman–Crippen LogP) is 1.24. The summed E-state index contributed by atoms with van der Waals surface area (Å²) in [4.78, 5) is 11.0. The molecule has 0 bridgehead atoms. The van der Waals surface area contributed by atoms with E-state index in [4.69, 9.17) is 20.3 Å². The standard InChI is InChI=1S/C17H22N4O3/c1-12-15(13-8-14(18)11-19-10-13)9-16(17(20-12)24-7-4-22)21-2-5-23-6-3-21/h8-11,22H,2-7,18H2,1H3. The number of pyridine rings is 2. The number of hydrogen-bond acceptors (Lipinski definition) is 7. The predicted molar refractivity (Wildman–Crippen MR) is 92.2 cm³/mol. The molecule has 3 heterocycles. The third kappa shape index (κ3) is 3.58. The maximum atomic E-state index is 9.05. The van der Waals surface area contributed by atoms with Crippen LogP contribution in [0.2, 0.25) is 0 Å². The number of anilines is 2. The number of hydrogen-bond donors (Lipinski definition) is 2. The van der Waals surface area contributed by atoms with Gasteiger partial charge in [0.2, 0.25) is 5.88 Å². The van der Waals surface area contributed by atoms with Gasteiger partial charge < -0.3 is 25.2 Å². The minimum Gasteiger partial charge on any atom is -0.474 e. The molecular formula is C17H22N4O3. The van der Waals surface area contributed by atoms with Gasteiger partial charge in [-0.3, -0.25) is 4.98 Å². The Kier molecular flexibility index (Phi) is 5.12. The number of ether oxygens (including phenoxy) is 2. The number of morpholine rings is 1. The minimum atomic E-state index is -0.0514. The number of nitrogens with zero attached hydrogens (tertiary/aromatic N) is 3. The second kappa shape index (κ2) is 7.46. The summed E-state index contributed by atoms with van der Waals surface area (Å²) in [7, 11) is 0. The summed E-state index contributed by atoms with van der Waals surface area (Å²) in [6, 6.07) is 3.94. The van der Waals surface area contributed by atoms with E-state index >= 15 is 0 Å². The normalized spacial score (nSPS) is 14.7. The van der Waals surface area contributed by atoms with Crippen molar-refractivity contribution in [3.8, 4) is 17.0 Å². The molecule has 1 fully saturated rings. The fourth-order valence-electron chi connectivity index (χ4n) is 2.75. The maximum absolute atomic E-state index is 9.05. The van der Waals surface area contributed by atoms with Gasteiger partial charge in [0.25, 0.3) is 0 Å². The second-order valence-corrected chi connectivity index (χ2v) is 5.62. The van der Waals surface area contributed by atoms with Crippen LogP contribution in [0.1, 0.15) is 5.69 Å². The van der Waals surface area contributed by atoms with E-state index in [9.17, 15) is 0 Å². The number of nitrogen functional groups attached to an aromatic ring is 1. The van der Waals surface area contributed by atoms with Crippen molar-refractivity contribution in [2.75, 3.05) is 50.2 Å². The van der Waals surface area contributed by atoms with Gasteiger partial charge >= 0.3 is 0 Å². The molecule has 24 heavy (non-hydrogen) atoms. The lowest BCUT2D eigenvalue weighted by Crippen LogP contribution is -2.36. The van der Waals surface area contributed by atoms with Gasteiger partial charge in [-0.2, -0.15) is 0 Å². The number of aryl methyl sites for hydroxylation is 1. The molecule has 0 spiro atoms. The van der Waals surface area contributed by atoms with Crippen molar-refractivity contribution in [1.29, 1.82) is 0 Å². The minimum absolute atomic E-state index is 0.0514. The molecule has 0 aliphatic carbocycles. The zero-order chi connectivity index (χ0) is 16.9. The third-order valence-corrected chi connectivity index (χ3v) is 3.91. The Hall–Kier alpha value is -2.38. The summed E-state index contributed by atoms with van der Waals surface area (Å²) in [5.41, 5.74) is 10.1. The molecule has 3 rings (SSSR count). The summed E-state index contributed by atoms with van der Waals surface area (Å²) in [6.07, 6.45) is 3.39. The van der Waals surface area contributed by atoms with Gasteiger partial charge in [-0.1, -0.05) is 0 Å². The maximum Gasteiger partial charge on any atom is 0.237 e. The molecule has 7 nitrogen and oxygen atoms in total. The van der Waals surface area contributed by atoms with Crippen molar-refractivity contribution < 1.29 is 14.6 Å². The molecule has 2 aromatic heterocycles. The smallest absolute Gasteiger partial charge is 0.237 e. The first kappa shape index (κ1) is 16.5. The fourth-order valence-corrected chi connectivity index (χ4v) is 2.75.